The number of aliphatic hydroxyl groups is 1. The Balaban J connectivity index is 2.78. The molecule has 0 aromatic carbocycles. The largest absolute Gasteiger partial charge is 0.392 e. The van der Waals surface area contributed by atoms with Crippen LogP contribution < -0.4 is 0 Å². The molecule has 3 heteroatoms. The third kappa shape index (κ3) is 0.987. The number of aliphatic hydroxyl groups excluding tert-OH is 1. The summed E-state index contributed by atoms with van der Waals surface area (Å²) < 4.78 is 1.92. The smallest absolute Gasteiger partial charge is 0.142 e. The normalized spacial score (nSPS) is 10.8. The number of pyridine rings is 1. The molecule has 62 valence electrons. The van der Waals surface area contributed by atoms with Crippen molar-refractivity contribution in [2.45, 2.75) is 13.5 Å². The topological polar surface area (TPSA) is 37.5 Å². The SMILES string of the molecule is Cc1cn2cccc(CO)c2n1. The lowest BCUT2D eigenvalue weighted by atomic mass is 10.3. The van der Waals surface area contributed by atoms with Gasteiger partial charge in [-0.2, -0.15) is 0 Å². The molecule has 0 saturated carbocycles. The van der Waals surface area contributed by atoms with Gasteiger partial charge in [-0.25, -0.2) is 4.98 Å². The molecule has 0 aliphatic carbocycles. The van der Waals surface area contributed by atoms with Crippen molar-refractivity contribution < 1.29 is 5.11 Å². The maximum Gasteiger partial charge on any atom is 0.142 e. The van der Waals surface area contributed by atoms with Crippen LogP contribution in [0.1, 0.15) is 11.3 Å². The predicted molar refractivity (Wildman–Crippen MR) is 45.9 cm³/mol. The monoisotopic (exact) mass is 162 g/mol. The minimum atomic E-state index is 0.0425. The first-order chi connectivity index (χ1) is 5.81. The molecular formula is C9H10N2O. The van der Waals surface area contributed by atoms with E-state index in [1.807, 2.05) is 35.9 Å². The summed E-state index contributed by atoms with van der Waals surface area (Å²) in [6.07, 6.45) is 3.86. The fraction of sp³-hybridized carbons (Fsp3) is 0.222. The number of imidazole rings is 1. The summed E-state index contributed by atoms with van der Waals surface area (Å²) in [6.45, 7) is 1.98. The van der Waals surface area contributed by atoms with Crippen LogP contribution in [0.5, 0.6) is 0 Å². The van der Waals surface area contributed by atoms with E-state index in [0.29, 0.717) is 0 Å². The van der Waals surface area contributed by atoms with Crippen LogP contribution in [-0.4, -0.2) is 14.5 Å². The molecular weight excluding hydrogens is 152 g/mol. The maximum absolute atomic E-state index is 8.99. The van der Waals surface area contributed by atoms with Crippen molar-refractivity contribution in [3.05, 3.63) is 35.8 Å². The highest BCUT2D eigenvalue weighted by molar-refractivity contribution is 5.48. The van der Waals surface area contributed by atoms with E-state index in [9.17, 15) is 0 Å². The summed E-state index contributed by atoms with van der Waals surface area (Å²) in [5.41, 5.74) is 2.68. The fourth-order valence-corrected chi connectivity index (χ4v) is 1.32. The Bertz CT molecular complexity index is 406. The van der Waals surface area contributed by atoms with Gasteiger partial charge in [0.1, 0.15) is 5.65 Å². The summed E-state index contributed by atoms with van der Waals surface area (Å²) in [7, 11) is 0. The van der Waals surface area contributed by atoms with Crippen LogP contribution >= 0.6 is 0 Å². The van der Waals surface area contributed by atoms with E-state index in [1.54, 1.807) is 0 Å². The Hall–Kier alpha value is -1.35. The van der Waals surface area contributed by atoms with Crippen molar-refractivity contribution in [2.24, 2.45) is 0 Å². The number of aryl methyl sites for hydroxylation is 1. The third-order valence-electron chi connectivity index (χ3n) is 1.85. The van der Waals surface area contributed by atoms with Crippen LogP contribution in [0.3, 0.4) is 0 Å². The van der Waals surface area contributed by atoms with Gasteiger partial charge in [-0.1, -0.05) is 6.07 Å². The second-order valence-electron chi connectivity index (χ2n) is 2.80. The van der Waals surface area contributed by atoms with E-state index in [0.717, 1.165) is 16.9 Å². The van der Waals surface area contributed by atoms with Crippen LogP contribution in [0.25, 0.3) is 5.65 Å². The molecule has 0 saturated heterocycles. The first-order valence-corrected chi connectivity index (χ1v) is 3.85. The number of rotatable bonds is 1. The van der Waals surface area contributed by atoms with E-state index in [1.165, 1.54) is 0 Å². The molecule has 12 heavy (non-hydrogen) atoms. The Labute approximate surface area is 70.3 Å². The van der Waals surface area contributed by atoms with Crippen LogP contribution in [0.15, 0.2) is 24.5 Å². The van der Waals surface area contributed by atoms with Crippen LogP contribution in [0.4, 0.5) is 0 Å². The highest BCUT2D eigenvalue weighted by Gasteiger charge is 2.01. The second kappa shape index (κ2) is 2.60. The Morgan fingerprint density at radius 1 is 1.58 bits per heavy atom. The van der Waals surface area contributed by atoms with Crippen molar-refractivity contribution in [2.75, 3.05) is 0 Å². The molecule has 0 fully saturated rings. The zero-order valence-corrected chi connectivity index (χ0v) is 6.86. The molecule has 0 radical (unpaired) electrons. The molecule has 0 amide bonds. The lowest BCUT2D eigenvalue weighted by molar-refractivity contribution is 0.282. The van der Waals surface area contributed by atoms with Gasteiger partial charge in [0.15, 0.2) is 0 Å². The Kier molecular flexibility index (Phi) is 1.59. The van der Waals surface area contributed by atoms with Gasteiger partial charge in [0.2, 0.25) is 0 Å². The summed E-state index contributed by atoms with van der Waals surface area (Å²) in [4.78, 5) is 4.29. The number of hydrogen-bond donors (Lipinski definition) is 1. The van der Waals surface area contributed by atoms with Crippen LogP contribution in [0.2, 0.25) is 0 Å². The average Bonchev–Trinajstić information content (AvgIpc) is 2.44. The molecule has 2 aromatic heterocycles. The van der Waals surface area contributed by atoms with Gasteiger partial charge in [-0.3, -0.25) is 0 Å². The number of aromatic nitrogens is 2. The second-order valence-corrected chi connectivity index (χ2v) is 2.80. The van der Waals surface area contributed by atoms with E-state index in [4.69, 9.17) is 5.11 Å². The summed E-state index contributed by atoms with van der Waals surface area (Å²) in [5, 5.41) is 8.99. The number of hydrogen-bond acceptors (Lipinski definition) is 2. The molecule has 0 atom stereocenters. The average molecular weight is 162 g/mol. The van der Waals surface area contributed by atoms with Crippen molar-refractivity contribution in [3.63, 3.8) is 0 Å². The van der Waals surface area contributed by atoms with Crippen molar-refractivity contribution in [3.8, 4) is 0 Å². The van der Waals surface area contributed by atoms with Gasteiger partial charge in [0.05, 0.1) is 12.3 Å². The van der Waals surface area contributed by atoms with Gasteiger partial charge < -0.3 is 9.51 Å². The van der Waals surface area contributed by atoms with E-state index < -0.39 is 0 Å². The molecule has 0 aliphatic heterocycles. The summed E-state index contributed by atoms with van der Waals surface area (Å²) in [6, 6.07) is 3.78. The lowest BCUT2D eigenvalue weighted by Gasteiger charge is -1.97. The molecule has 0 unspecified atom stereocenters. The van der Waals surface area contributed by atoms with Crippen LogP contribution in [0, 0.1) is 6.92 Å². The number of fused-ring (bicyclic) bond motifs is 1. The van der Waals surface area contributed by atoms with Gasteiger partial charge in [0.25, 0.3) is 0 Å². The van der Waals surface area contributed by atoms with Crippen molar-refractivity contribution >= 4 is 5.65 Å². The van der Waals surface area contributed by atoms with Gasteiger partial charge >= 0.3 is 0 Å². The fourth-order valence-electron chi connectivity index (χ4n) is 1.32. The quantitative estimate of drug-likeness (QED) is 0.682. The standard InChI is InChI=1S/C9H10N2O/c1-7-5-11-4-2-3-8(6-12)9(11)10-7/h2-5,12H,6H2,1H3. The molecule has 2 rings (SSSR count). The zero-order chi connectivity index (χ0) is 8.55. The lowest BCUT2D eigenvalue weighted by Crippen LogP contribution is -1.90. The minimum Gasteiger partial charge on any atom is -0.392 e. The highest BCUT2D eigenvalue weighted by atomic mass is 16.3. The van der Waals surface area contributed by atoms with E-state index in [-0.39, 0.29) is 6.61 Å². The highest BCUT2D eigenvalue weighted by Crippen LogP contribution is 2.09. The van der Waals surface area contributed by atoms with Gasteiger partial charge in [-0.15, -0.1) is 0 Å². The Morgan fingerprint density at radius 2 is 2.42 bits per heavy atom. The minimum absolute atomic E-state index is 0.0425. The molecule has 0 aliphatic rings. The molecule has 3 nitrogen and oxygen atoms in total. The third-order valence-corrected chi connectivity index (χ3v) is 1.85. The molecule has 0 bridgehead atoms. The van der Waals surface area contributed by atoms with E-state index in [2.05, 4.69) is 4.98 Å². The zero-order valence-electron chi connectivity index (χ0n) is 6.86. The van der Waals surface area contributed by atoms with Gasteiger partial charge in [0, 0.05) is 18.0 Å². The van der Waals surface area contributed by atoms with Gasteiger partial charge in [-0.05, 0) is 13.0 Å². The molecule has 2 aromatic rings. The Morgan fingerprint density at radius 3 is 3.17 bits per heavy atom. The summed E-state index contributed by atoms with van der Waals surface area (Å²) in [5.74, 6) is 0. The van der Waals surface area contributed by atoms with E-state index >= 15 is 0 Å². The first-order valence-electron chi connectivity index (χ1n) is 3.85. The predicted octanol–water partition coefficient (Wildman–Crippen LogP) is 1.14. The van der Waals surface area contributed by atoms with Crippen molar-refractivity contribution in [1.82, 2.24) is 9.38 Å². The summed E-state index contributed by atoms with van der Waals surface area (Å²) >= 11 is 0. The molecule has 2 heterocycles. The van der Waals surface area contributed by atoms with Crippen molar-refractivity contribution in [1.29, 1.82) is 0 Å². The first kappa shape index (κ1) is 7.31. The molecule has 1 N–H and O–H groups in total. The van der Waals surface area contributed by atoms with Crippen LogP contribution in [-0.2, 0) is 6.61 Å². The molecule has 0 spiro atoms. The maximum atomic E-state index is 8.99. The number of nitrogens with zero attached hydrogens (tertiary/aromatic N) is 2.